The van der Waals surface area contributed by atoms with E-state index >= 15 is 0 Å². The van der Waals surface area contributed by atoms with Crippen molar-refractivity contribution in [3.63, 3.8) is 0 Å². The number of carbonyl (C=O) groups is 2. The molecule has 2 aliphatic rings. The molecule has 24 heavy (non-hydrogen) atoms. The molecule has 1 N–H and O–H groups in total. The van der Waals surface area contributed by atoms with Crippen molar-refractivity contribution in [1.82, 2.24) is 9.88 Å². The second-order valence-electron chi connectivity index (χ2n) is 8.10. The van der Waals surface area contributed by atoms with Gasteiger partial charge in [0, 0.05) is 11.5 Å². The van der Waals surface area contributed by atoms with Gasteiger partial charge >= 0.3 is 5.97 Å². The van der Waals surface area contributed by atoms with Gasteiger partial charge in [0.1, 0.15) is 10.9 Å². The van der Waals surface area contributed by atoms with E-state index in [0.717, 1.165) is 36.4 Å². The van der Waals surface area contributed by atoms with Crippen LogP contribution < -0.4 is 0 Å². The van der Waals surface area contributed by atoms with Crippen molar-refractivity contribution in [2.45, 2.75) is 77.3 Å². The topological polar surface area (TPSA) is 70.5 Å². The average Bonchev–Trinajstić information content (AvgIpc) is 3.07. The zero-order valence-electron chi connectivity index (χ0n) is 14.8. The summed E-state index contributed by atoms with van der Waals surface area (Å²) in [5, 5.41) is 10.5. The van der Waals surface area contributed by atoms with Crippen LogP contribution in [0.3, 0.4) is 0 Å². The van der Waals surface area contributed by atoms with Gasteiger partial charge in [-0.15, -0.1) is 11.3 Å². The molecular formula is C18H26N2O3S. The second kappa shape index (κ2) is 6.14. The Hall–Kier alpha value is -1.43. The smallest absolute Gasteiger partial charge is 0.326 e. The van der Waals surface area contributed by atoms with Crippen molar-refractivity contribution in [3.8, 4) is 0 Å². The number of nitrogens with zero attached hydrogens (tertiary/aromatic N) is 2. The number of rotatable bonds is 2. The number of carboxylic acids is 1. The summed E-state index contributed by atoms with van der Waals surface area (Å²) < 4.78 is 0. The molecule has 0 bridgehead atoms. The van der Waals surface area contributed by atoms with Crippen LogP contribution in [0.5, 0.6) is 0 Å². The number of likely N-dealkylation sites (tertiary alicyclic amines) is 1. The first kappa shape index (κ1) is 17.4. The van der Waals surface area contributed by atoms with Gasteiger partial charge in [-0.05, 0) is 32.1 Å². The molecule has 2 fully saturated rings. The Balaban J connectivity index is 1.95. The Labute approximate surface area is 147 Å². The van der Waals surface area contributed by atoms with Crippen LogP contribution in [0.2, 0.25) is 0 Å². The van der Waals surface area contributed by atoms with E-state index < -0.39 is 12.0 Å². The van der Waals surface area contributed by atoms with E-state index in [9.17, 15) is 14.7 Å². The highest BCUT2D eigenvalue weighted by Crippen LogP contribution is 2.41. The molecule has 1 aromatic rings. The molecule has 6 heteroatoms. The van der Waals surface area contributed by atoms with Crippen LogP contribution >= 0.6 is 11.3 Å². The quantitative estimate of drug-likeness (QED) is 0.884. The number of hydrogen-bond donors (Lipinski definition) is 1. The van der Waals surface area contributed by atoms with Gasteiger partial charge in [-0.2, -0.15) is 0 Å². The summed E-state index contributed by atoms with van der Waals surface area (Å²) in [5.41, 5.74) is 0.608. The van der Waals surface area contributed by atoms with Crippen molar-refractivity contribution in [2.75, 3.05) is 0 Å². The Morgan fingerprint density at radius 2 is 1.92 bits per heavy atom. The van der Waals surface area contributed by atoms with Crippen molar-refractivity contribution < 1.29 is 14.7 Å². The fraction of sp³-hybridized carbons (Fsp3) is 0.722. The minimum absolute atomic E-state index is 0.0759. The van der Waals surface area contributed by atoms with Crippen LogP contribution in [-0.4, -0.2) is 39.0 Å². The molecule has 2 heterocycles. The van der Waals surface area contributed by atoms with Crippen molar-refractivity contribution in [3.05, 3.63) is 15.6 Å². The van der Waals surface area contributed by atoms with Gasteiger partial charge in [0.15, 0.2) is 0 Å². The minimum atomic E-state index is -0.879. The number of aryl methyl sites for hydroxylation is 1. The van der Waals surface area contributed by atoms with E-state index in [1.165, 1.54) is 11.3 Å². The summed E-state index contributed by atoms with van der Waals surface area (Å²) in [5.74, 6) is -0.683. The third-order valence-corrected chi connectivity index (χ3v) is 6.81. The van der Waals surface area contributed by atoms with E-state index in [0.29, 0.717) is 17.2 Å². The Morgan fingerprint density at radius 1 is 1.25 bits per heavy atom. The van der Waals surface area contributed by atoms with Gasteiger partial charge < -0.3 is 10.0 Å². The van der Waals surface area contributed by atoms with E-state index in [4.69, 9.17) is 0 Å². The first-order chi connectivity index (χ1) is 11.2. The second-order valence-corrected chi connectivity index (χ2v) is 9.10. The lowest BCUT2D eigenvalue weighted by Gasteiger charge is -2.32. The number of aromatic nitrogens is 1. The lowest BCUT2D eigenvalue weighted by atomic mass is 9.84. The van der Waals surface area contributed by atoms with E-state index in [2.05, 4.69) is 25.8 Å². The van der Waals surface area contributed by atoms with Crippen LogP contribution in [0.15, 0.2) is 0 Å². The summed E-state index contributed by atoms with van der Waals surface area (Å²) in [6.07, 6.45) is 4.77. The normalized spacial score (nSPS) is 27.2. The van der Waals surface area contributed by atoms with Crippen molar-refractivity contribution in [2.24, 2.45) is 5.92 Å². The molecule has 1 aromatic heterocycles. The van der Waals surface area contributed by atoms with Gasteiger partial charge in [-0.1, -0.05) is 33.6 Å². The number of amides is 1. The standard InChI is InChI=1S/C18H26N2O3S/c1-10-14(24-17(19-10)18(2,3)4)15(21)20-12-8-6-5-7-11(12)9-13(20)16(22)23/h11-13H,5-9H2,1-4H3,(H,22,23). The number of hydrogen-bond acceptors (Lipinski definition) is 4. The van der Waals surface area contributed by atoms with Crippen molar-refractivity contribution in [1.29, 1.82) is 0 Å². The predicted molar refractivity (Wildman–Crippen MR) is 93.5 cm³/mol. The molecule has 0 spiro atoms. The fourth-order valence-electron chi connectivity index (χ4n) is 4.01. The number of aliphatic carboxylic acids is 1. The minimum Gasteiger partial charge on any atom is -0.480 e. The predicted octanol–water partition coefficient (Wildman–Crippen LogP) is 3.61. The zero-order chi connectivity index (χ0) is 17.6. The van der Waals surface area contributed by atoms with E-state index in [-0.39, 0.29) is 17.4 Å². The number of carbonyl (C=O) groups excluding carboxylic acids is 1. The maximum atomic E-state index is 13.2. The molecule has 5 nitrogen and oxygen atoms in total. The lowest BCUT2D eigenvalue weighted by molar-refractivity contribution is -0.141. The summed E-state index contributed by atoms with van der Waals surface area (Å²) in [4.78, 5) is 31.8. The molecule has 132 valence electrons. The molecular weight excluding hydrogens is 324 g/mol. The highest BCUT2D eigenvalue weighted by molar-refractivity contribution is 7.14. The maximum Gasteiger partial charge on any atom is 0.326 e. The first-order valence-corrected chi connectivity index (χ1v) is 9.55. The molecule has 3 atom stereocenters. The zero-order valence-corrected chi connectivity index (χ0v) is 15.7. The highest BCUT2D eigenvalue weighted by Gasteiger charge is 2.48. The molecule has 1 aliphatic carbocycles. The van der Waals surface area contributed by atoms with Gasteiger partial charge in [-0.25, -0.2) is 9.78 Å². The first-order valence-electron chi connectivity index (χ1n) is 8.73. The van der Waals surface area contributed by atoms with Gasteiger partial charge in [0.25, 0.3) is 5.91 Å². The molecule has 0 radical (unpaired) electrons. The molecule has 3 unspecified atom stereocenters. The third-order valence-electron chi connectivity index (χ3n) is 5.24. The largest absolute Gasteiger partial charge is 0.480 e. The number of fused-ring (bicyclic) bond motifs is 1. The van der Waals surface area contributed by atoms with Crippen LogP contribution in [0, 0.1) is 12.8 Å². The average molecular weight is 350 g/mol. The molecule has 1 amide bonds. The highest BCUT2D eigenvalue weighted by atomic mass is 32.1. The summed E-state index contributed by atoms with van der Waals surface area (Å²) in [7, 11) is 0. The summed E-state index contributed by atoms with van der Waals surface area (Å²) in [6, 6.07) is -0.614. The summed E-state index contributed by atoms with van der Waals surface area (Å²) in [6.45, 7) is 8.08. The molecule has 1 saturated carbocycles. The maximum absolute atomic E-state index is 13.2. The monoisotopic (exact) mass is 350 g/mol. The number of carboxylic acid groups (broad SMARTS) is 1. The van der Waals surface area contributed by atoms with E-state index in [1.807, 2.05) is 6.92 Å². The molecule has 1 saturated heterocycles. The SMILES string of the molecule is Cc1nc(C(C)(C)C)sc1C(=O)N1C(C(=O)O)CC2CCCCC21. The fourth-order valence-corrected chi connectivity index (χ4v) is 5.07. The Kier molecular flexibility index (Phi) is 4.45. The van der Waals surface area contributed by atoms with Gasteiger partial charge in [0.2, 0.25) is 0 Å². The molecule has 0 aromatic carbocycles. The van der Waals surface area contributed by atoms with Crippen LogP contribution in [0.1, 0.15) is 73.2 Å². The summed E-state index contributed by atoms with van der Waals surface area (Å²) >= 11 is 1.42. The van der Waals surface area contributed by atoms with Gasteiger partial charge in [-0.3, -0.25) is 4.79 Å². The Bertz CT molecular complexity index is 662. The van der Waals surface area contributed by atoms with Crippen molar-refractivity contribution >= 4 is 23.2 Å². The van der Waals surface area contributed by atoms with Crippen LogP contribution in [0.4, 0.5) is 0 Å². The molecule has 1 aliphatic heterocycles. The Morgan fingerprint density at radius 3 is 2.50 bits per heavy atom. The molecule has 3 rings (SSSR count). The van der Waals surface area contributed by atoms with E-state index in [1.54, 1.807) is 4.90 Å². The third kappa shape index (κ3) is 2.96. The van der Waals surface area contributed by atoms with Crippen LogP contribution in [0.25, 0.3) is 0 Å². The van der Waals surface area contributed by atoms with Crippen LogP contribution in [-0.2, 0) is 10.2 Å². The number of thiazole rings is 1. The lowest BCUT2D eigenvalue weighted by Crippen LogP contribution is -2.46. The van der Waals surface area contributed by atoms with Gasteiger partial charge in [0.05, 0.1) is 10.7 Å².